The first-order valence-corrected chi connectivity index (χ1v) is 7.19. The second-order valence-corrected chi connectivity index (χ2v) is 5.26. The number of hydrogen-bond acceptors (Lipinski definition) is 5. The summed E-state index contributed by atoms with van der Waals surface area (Å²) in [4.78, 5) is 18.1. The summed E-state index contributed by atoms with van der Waals surface area (Å²) in [5.74, 6) is 0.0553. The van der Waals surface area contributed by atoms with Gasteiger partial charge in [-0.1, -0.05) is 24.7 Å². The Hall–Kier alpha value is -1.14. The SMILES string of the molecule is CCCCC(=O)Nc1ncc(N2CCOCC2)s1. The second kappa shape index (κ2) is 6.70. The van der Waals surface area contributed by atoms with Gasteiger partial charge in [0.15, 0.2) is 5.13 Å². The Balaban J connectivity index is 1.87. The fourth-order valence-electron chi connectivity index (χ4n) is 1.77. The van der Waals surface area contributed by atoms with Crippen LogP contribution in [0.4, 0.5) is 10.1 Å². The number of rotatable bonds is 5. The van der Waals surface area contributed by atoms with Crippen molar-refractivity contribution in [3.8, 4) is 0 Å². The first-order valence-electron chi connectivity index (χ1n) is 6.38. The molecule has 0 saturated carbocycles. The van der Waals surface area contributed by atoms with Gasteiger partial charge in [-0.25, -0.2) is 4.98 Å². The molecule has 2 heterocycles. The average molecular weight is 269 g/mol. The number of thiazole rings is 1. The summed E-state index contributed by atoms with van der Waals surface area (Å²) < 4.78 is 5.31. The number of unbranched alkanes of at least 4 members (excludes halogenated alkanes) is 1. The van der Waals surface area contributed by atoms with Crippen LogP contribution >= 0.6 is 11.3 Å². The highest BCUT2D eigenvalue weighted by molar-refractivity contribution is 7.19. The summed E-state index contributed by atoms with van der Waals surface area (Å²) in [6.07, 6.45) is 4.35. The summed E-state index contributed by atoms with van der Waals surface area (Å²) in [5.41, 5.74) is 0. The van der Waals surface area contributed by atoms with Gasteiger partial charge in [-0.3, -0.25) is 4.79 Å². The molecule has 0 atom stereocenters. The van der Waals surface area contributed by atoms with Gasteiger partial charge in [-0.2, -0.15) is 0 Å². The molecule has 0 bridgehead atoms. The first-order chi connectivity index (χ1) is 8.79. The predicted molar refractivity (Wildman–Crippen MR) is 73.3 cm³/mol. The minimum absolute atomic E-state index is 0.0553. The molecule has 0 spiro atoms. The van der Waals surface area contributed by atoms with Gasteiger partial charge < -0.3 is 15.0 Å². The Morgan fingerprint density at radius 1 is 1.56 bits per heavy atom. The lowest BCUT2D eigenvalue weighted by Crippen LogP contribution is -2.35. The van der Waals surface area contributed by atoms with Crippen LogP contribution in [0.3, 0.4) is 0 Å². The zero-order valence-electron chi connectivity index (χ0n) is 10.6. The van der Waals surface area contributed by atoms with E-state index in [2.05, 4.69) is 22.1 Å². The number of nitrogens with one attached hydrogen (secondary N) is 1. The quantitative estimate of drug-likeness (QED) is 0.889. The Kier molecular flexibility index (Phi) is 4.95. The Labute approximate surface area is 111 Å². The zero-order valence-corrected chi connectivity index (χ0v) is 11.5. The molecule has 0 radical (unpaired) electrons. The number of aromatic nitrogens is 1. The molecule has 1 saturated heterocycles. The molecule has 0 unspecified atom stereocenters. The van der Waals surface area contributed by atoms with Gasteiger partial charge in [-0.15, -0.1) is 0 Å². The number of hydrogen-bond donors (Lipinski definition) is 1. The number of amides is 1. The molecular formula is C12H19N3O2S. The standard InChI is InChI=1S/C12H19N3O2S/c1-2-3-4-10(16)14-12-13-9-11(18-12)15-5-7-17-8-6-15/h9H,2-8H2,1H3,(H,13,14,16). The normalized spacial score (nSPS) is 15.7. The Bertz CT molecular complexity index is 388. The molecule has 0 aliphatic carbocycles. The van der Waals surface area contributed by atoms with Gasteiger partial charge in [0.25, 0.3) is 0 Å². The fraction of sp³-hybridized carbons (Fsp3) is 0.667. The lowest BCUT2D eigenvalue weighted by atomic mass is 10.2. The molecule has 1 aliphatic heterocycles. The van der Waals surface area contributed by atoms with Crippen molar-refractivity contribution in [2.24, 2.45) is 0 Å². The summed E-state index contributed by atoms with van der Waals surface area (Å²) in [5, 5.41) is 4.64. The van der Waals surface area contributed by atoms with Gasteiger partial charge in [-0.05, 0) is 6.42 Å². The third-order valence-electron chi connectivity index (χ3n) is 2.82. The number of ether oxygens (including phenoxy) is 1. The highest BCUT2D eigenvalue weighted by atomic mass is 32.1. The number of morpholine rings is 1. The topological polar surface area (TPSA) is 54.5 Å². The van der Waals surface area contributed by atoms with Crippen LogP contribution in [0.1, 0.15) is 26.2 Å². The second-order valence-electron chi connectivity index (χ2n) is 4.25. The lowest BCUT2D eigenvalue weighted by molar-refractivity contribution is -0.116. The molecule has 1 fully saturated rings. The fourth-order valence-corrected chi connectivity index (χ4v) is 2.66. The summed E-state index contributed by atoms with van der Waals surface area (Å²) >= 11 is 1.53. The van der Waals surface area contributed by atoms with Crippen molar-refractivity contribution in [3.05, 3.63) is 6.20 Å². The Morgan fingerprint density at radius 3 is 3.06 bits per heavy atom. The maximum atomic E-state index is 11.6. The van der Waals surface area contributed by atoms with Gasteiger partial charge >= 0.3 is 0 Å². The van der Waals surface area contributed by atoms with Crippen LogP contribution in [0.25, 0.3) is 0 Å². The van der Waals surface area contributed by atoms with Crippen molar-refractivity contribution >= 4 is 27.4 Å². The number of carbonyl (C=O) groups excluding carboxylic acids is 1. The summed E-state index contributed by atoms with van der Waals surface area (Å²) in [6, 6.07) is 0. The van der Waals surface area contributed by atoms with E-state index in [9.17, 15) is 4.79 Å². The maximum absolute atomic E-state index is 11.6. The molecule has 1 aromatic rings. The smallest absolute Gasteiger partial charge is 0.226 e. The first kappa shape index (κ1) is 13.3. The predicted octanol–water partition coefficient (Wildman–Crippen LogP) is 2.11. The highest BCUT2D eigenvalue weighted by Gasteiger charge is 2.14. The van der Waals surface area contributed by atoms with Crippen molar-refractivity contribution in [3.63, 3.8) is 0 Å². The van der Waals surface area contributed by atoms with Crippen molar-refractivity contribution < 1.29 is 9.53 Å². The lowest BCUT2D eigenvalue weighted by Gasteiger charge is -2.26. The van der Waals surface area contributed by atoms with E-state index in [4.69, 9.17) is 4.74 Å². The summed E-state index contributed by atoms with van der Waals surface area (Å²) in [7, 11) is 0. The molecule has 5 nitrogen and oxygen atoms in total. The van der Waals surface area contributed by atoms with Crippen LogP contribution in [0.15, 0.2) is 6.20 Å². The van der Waals surface area contributed by atoms with Gasteiger partial charge in [0.05, 0.1) is 19.4 Å². The van der Waals surface area contributed by atoms with E-state index in [1.165, 1.54) is 11.3 Å². The van der Waals surface area contributed by atoms with Crippen molar-refractivity contribution in [2.45, 2.75) is 26.2 Å². The number of anilines is 2. The van der Waals surface area contributed by atoms with Crippen LogP contribution in [-0.2, 0) is 9.53 Å². The summed E-state index contributed by atoms with van der Waals surface area (Å²) in [6.45, 7) is 5.39. The molecule has 1 aliphatic rings. The van der Waals surface area contributed by atoms with E-state index < -0.39 is 0 Å². The van der Waals surface area contributed by atoms with Crippen LogP contribution in [0, 0.1) is 0 Å². The molecule has 100 valence electrons. The monoisotopic (exact) mass is 269 g/mol. The molecule has 1 amide bonds. The van der Waals surface area contributed by atoms with Gasteiger partial charge in [0.2, 0.25) is 5.91 Å². The Morgan fingerprint density at radius 2 is 2.33 bits per heavy atom. The van der Waals surface area contributed by atoms with Gasteiger partial charge in [0.1, 0.15) is 5.00 Å². The van der Waals surface area contributed by atoms with E-state index in [0.29, 0.717) is 11.6 Å². The van der Waals surface area contributed by atoms with Crippen LogP contribution in [0.2, 0.25) is 0 Å². The van der Waals surface area contributed by atoms with E-state index in [1.54, 1.807) is 0 Å². The molecule has 2 rings (SSSR count). The van der Waals surface area contributed by atoms with Gasteiger partial charge in [0, 0.05) is 19.5 Å². The molecule has 1 aromatic heterocycles. The van der Waals surface area contributed by atoms with Crippen molar-refractivity contribution in [2.75, 3.05) is 36.5 Å². The molecular weight excluding hydrogens is 250 g/mol. The molecule has 1 N–H and O–H groups in total. The van der Waals surface area contributed by atoms with Crippen LogP contribution < -0.4 is 10.2 Å². The number of nitrogens with zero attached hydrogens (tertiary/aromatic N) is 2. The zero-order chi connectivity index (χ0) is 12.8. The van der Waals surface area contributed by atoms with E-state index >= 15 is 0 Å². The molecule has 18 heavy (non-hydrogen) atoms. The van der Waals surface area contributed by atoms with Crippen LogP contribution in [0.5, 0.6) is 0 Å². The van der Waals surface area contributed by atoms with Crippen molar-refractivity contribution in [1.29, 1.82) is 0 Å². The minimum Gasteiger partial charge on any atom is -0.378 e. The maximum Gasteiger partial charge on any atom is 0.226 e. The minimum atomic E-state index is 0.0553. The molecule has 0 aromatic carbocycles. The van der Waals surface area contributed by atoms with Crippen LogP contribution in [-0.4, -0.2) is 37.2 Å². The van der Waals surface area contributed by atoms with E-state index in [-0.39, 0.29) is 5.91 Å². The largest absolute Gasteiger partial charge is 0.378 e. The van der Waals surface area contributed by atoms with E-state index in [1.807, 2.05) is 6.20 Å². The third-order valence-corrected chi connectivity index (χ3v) is 3.79. The van der Waals surface area contributed by atoms with Crippen molar-refractivity contribution in [1.82, 2.24) is 4.98 Å². The average Bonchev–Trinajstić information content (AvgIpc) is 2.86. The highest BCUT2D eigenvalue weighted by Crippen LogP contribution is 2.27. The van der Waals surface area contributed by atoms with E-state index in [0.717, 1.165) is 44.1 Å². The number of carbonyl (C=O) groups is 1. The molecule has 6 heteroatoms. The third kappa shape index (κ3) is 3.68.